The van der Waals surface area contributed by atoms with Crippen molar-refractivity contribution in [2.24, 2.45) is 0 Å². The van der Waals surface area contributed by atoms with Gasteiger partial charge in [0.15, 0.2) is 7.11 Å². The number of fused-ring (bicyclic) bond motifs is 1. The van der Waals surface area contributed by atoms with Crippen LogP contribution in [0.5, 0.6) is 0 Å². The van der Waals surface area contributed by atoms with Crippen molar-refractivity contribution in [1.29, 1.82) is 0 Å². The fraction of sp³-hybridized carbons (Fsp3) is 0.273. The number of anilines is 1. The molecule has 0 bridgehead atoms. The lowest BCUT2D eigenvalue weighted by atomic mass is 10.1. The van der Waals surface area contributed by atoms with E-state index in [1.807, 2.05) is 0 Å². The number of carbonyl (C=O) groups excluding carboxylic acids is 1. The van der Waals surface area contributed by atoms with Gasteiger partial charge in [0, 0.05) is 17.6 Å². The third-order valence-corrected chi connectivity index (χ3v) is 3.05. The minimum absolute atomic E-state index is 0.172. The smallest absolute Gasteiger partial charge is 0.394 e. The molecule has 19 heavy (non-hydrogen) atoms. The first kappa shape index (κ1) is 13.3. The first-order chi connectivity index (χ1) is 8.95. The normalized spacial score (nSPS) is 13.1. The Kier molecular flexibility index (Phi) is 3.39. The van der Waals surface area contributed by atoms with Gasteiger partial charge in [0.2, 0.25) is 0 Å². The van der Waals surface area contributed by atoms with Gasteiger partial charge >= 0.3 is 17.6 Å². The largest absolute Gasteiger partial charge is 0.474 e. The van der Waals surface area contributed by atoms with Crippen LogP contribution in [0.1, 0.15) is 5.56 Å². The Balaban J connectivity index is 2.52. The fourth-order valence-corrected chi connectivity index (χ4v) is 2.24. The van der Waals surface area contributed by atoms with Gasteiger partial charge in [-0.2, -0.15) is 0 Å². The van der Waals surface area contributed by atoms with Crippen LogP contribution in [0.3, 0.4) is 0 Å². The highest BCUT2D eigenvalue weighted by Crippen LogP contribution is 2.38. The first-order valence-corrected chi connectivity index (χ1v) is 5.72. The van der Waals surface area contributed by atoms with E-state index < -0.39 is 11.9 Å². The second kappa shape index (κ2) is 4.85. The van der Waals surface area contributed by atoms with Crippen molar-refractivity contribution < 1.29 is 24.5 Å². The predicted molar refractivity (Wildman–Crippen MR) is 65.4 cm³/mol. The average Bonchev–Trinajstić information content (AvgIpc) is 2.79. The van der Waals surface area contributed by atoms with E-state index in [9.17, 15) is 14.5 Å². The highest BCUT2D eigenvalue weighted by Gasteiger charge is 2.35. The summed E-state index contributed by atoms with van der Waals surface area (Å²) in [4.78, 5) is 39.7. The minimum atomic E-state index is -1.56. The summed E-state index contributed by atoms with van der Waals surface area (Å²) in [5.74, 6) is -2.61. The van der Waals surface area contributed by atoms with Crippen molar-refractivity contribution >= 4 is 34.9 Å². The molecular weight excluding hydrogens is 276 g/mol. The first-order valence-electron chi connectivity index (χ1n) is 5.34. The molecule has 0 saturated carbocycles. The molecule has 0 spiro atoms. The monoisotopic (exact) mass is 285 g/mol. The van der Waals surface area contributed by atoms with E-state index in [1.54, 1.807) is 0 Å². The van der Waals surface area contributed by atoms with Gasteiger partial charge in [-0.15, -0.1) is 0 Å². The van der Waals surface area contributed by atoms with Crippen molar-refractivity contribution in [2.45, 2.75) is 6.42 Å². The van der Waals surface area contributed by atoms with Crippen LogP contribution < -0.4 is 4.90 Å². The number of halogens is 1. The molecule has 0 fully saturated rings. The zero-order valence-corrected chi connectivity index (χ0v) is 10.7. The molecule has 1 aromatic carbocycles. The summed E-state index contributed by atoms with van der Waals surface area (Å²) in [6.07, 6.45) is 0.364. The average molecular weight is 286 g/mol. The molecule has 7 nitrogen and oxygen atoms in total. The van der Waals surface area contributed by atoms with Gasteiger partial charge in [-0.3, -0.25) is 4.79 Å². The molecule has 1 heterocycles. The third kappa shape index (κ3) is 2.24. The SMILES string of the molecule is CO[N+](=O)c1cc(Cl)cc2c1CCN2C(=O)C(=O)O. The number of nitrogens with zero attached hydrogens (tertiary/aromatic N) is 2. The molecule has 100 valence electrons. The molecule has 0 radical (unpaired) electrons. The lowest BCUT2D eigenvalue weighted by Crippen LogP contribution is -2.34. The predicted octanol–water partition coefficient (Wildman–Crippen LogP) is 1.29. The van der Waals surface area contributed by atoms with Crippen LogP contribution in [0.15, 0.2) is 12.1 Å². The molecule has 1 aliphatic rings. The van der Waals surface area contributed by atoms with Crippen LogP contribution >= 0.6 is 11.6 Å². The van der Waals surface area contributed by atoms with Crippen molar-refractivity contribution in [1.82, 2.24) is 0 Å². The van der Waals surface area contributed by atoms with Crippen LogP contribution in [-0.2, 0) is 20.8 Å². The maximum Gasteiger partial charge on any atom is 0.394 e. The Morgan fingerprint density at radius 3 is 2.74 bits per heavy atom. The van der Waals surface area contributed by atoms with Crippen LogP contribution in [0, 0.1) is 4.91 Å². The maximum atomic E-state index is 11.6. The number of benzene rings is 1. The van der Waals surface area contributed by atoms with E-state index in [-0.39, 0.29) is 22.2 Å². The third-order valence-electron chi connectivity index (χ3n) is 2.83. The quantitative estimate of drug-likeness (QED) is 0.653. The minimum Gasteiger partial charge on any atom is -0.474 e. The molecule has 0 atom stereocenters. The van der Waals surface area contributed by atoms with Crippen molar-refractivity contribution in [2.75, 3.05) is 18.6 Å². The standard InChI is InChI=1S/C11H9ClN2O5/c1-19-14(18)9-5-6(12)4-8-7(9)2-3-13(8)10(15)11(16)17/h4-5H,2-3H2,1H3/p+1. The fourth-order valence-electron chi connectivity index (χ4n) is 2.04. The molecule has 1 aromatic rings. The molecule has 1 amide bonds. The zero-order chi connectivity index (χ0) is 14.2. The Bertz CT molecular complexity index is 587. The number of carboxylic acids is 1. The Hall–Kier alpha value is -2.15. The molecule has 1 N–H and O–H groups in total. The topological polar surface area (TPSA) is 86.9 Å². The number of aliphatic carboxylic acids is 1. The number of rotatable bonds is 2. The van der Waals surface area contributed by atoms with Crippen LogP contribution in [0.4, 0.5) is 11.4 Å². The Morgan fingerprint density at radius 1 is 1.47 bits per heavy atom. The van der Waals surface area contributed by atoms with E-state index in [1.165, 1.54) is 19.2 Å². The van der Waals surface area contributed by atoms with Crippen molar-refractivity contribution in [3.8, 4) is 0 Å². The maximum absolute atomic E-state index is 11.6. The van der Waals surface area contributed by atoms with Gasteiger partial charge in [-0.1, -0.05) is 11.6 Å². The van der Waals surface area contributed by atoms with Crippen molar-refractivity contribution in [3.63, 3.8) is 0 Å². The highest BCUT2D eigenvalue weighted by molar-refractivity contribution is 6.38. The van der Waals surface area contributed by atoms with Gasteiger partial charge < -0.3 is 10.0 Å². The molecule has 0 unspecified atom stereocenters. The summed E-state index contributed by atoms with van der Waals surface area (Å²) in [6, 6.07) is 2.86. The lowest BCUT2D eigenvalue weighted by molar-refractivity contribution is -0.737. The summed E-state index contributed by atoms with van der Waals surface area (Å²) < 4.78 is 0. The number of hydrogen-bond acceptors (Lipinski definition) is 4. The van der Waals surface area contributed by atoms with Crippen molar-refractivity contribution in [3.05, 3.63) is 27.6 Å². The molecule has 8 heteroatoms. The van der Waals surface area contributed by atoms with E-state index in [4.69, 9.17) is 16.7 Å². The second-order valence-corrected chi connectivity index (χ2v) is 4.31. The van der Waals surface area contributed by atoms with E-state index in [0.717, 1.165) is 4.90 Å². The zero-order valence-electron chi connectivity index (χ0n) is 9.92. The van der Waals surface area contributed by atoms with Gasteiger partial charge in [0.25, 0.3) is 4.92 Å². The van der Waals surface area contributed by atoms with Gasteiger partial charge in [0.05, 0.1) is 16.2 Å². The molecular formula is C11H10ClN2O5+. The summed E-state index contributed by atoms with van der Waals surface area (Å²) >= 11 is 5.87. The van der Waals surface area contributed by atoms with Crippen LogP contribution in [0.25, 0.3) is 0 Å². The number of carbonyl (C=O) groups is 2. The molecule has 1 aliphatic heterocycles. The second-order valence-electron chi connectivity index (χ2n) is 3.87. The summed E-state index contributed by atoms with van der Waals surface area (Å²) in [7, 11) is 1.20. The van der Waals surface area contributed by atoms with Crippen LogP contribution in [0.2, 0.25) is 5.02 Å². The number of amides is 1. The molecule has 2 rings (SSSR count). The summed E-state index contributed by atoms with van der Waals surface area (Å²) in [5, 5.41) is 8.96. The summed E-state index contributed by atoms with van der Waals surface area (Å²) in [5.41, 5.74) is 1.04. The lowest BCUT2D eigenvalue weighted by Gasteiger charge is -2.14. The Morgan fingerprint density at radius 2 is 2.16 bits per heavy atom. The van der Waals surface area contributed by atoms with Gasteiger partial charge in [0.1, 0.15) is 0 Å². The van der Waals surface area contributed by atoms with E-state index in [0.29, 0.717) is 17.7 Å². The molecule has 0 aromatic heterocycles. The van der Waals surface area contributed by atoms with Crippen LogP contribution in [-0.4, -0.2) is 35.6 Å². The van der Waals surface area contributed by atoms with E-state index >= 15 is 0 Å². The number of carboxylic acid groups (broad SMARTS) is 1. The molecule has 0 saturated heterocycles. The summed E-state index contributed by atoms with van der Waals surface area (Å²) in [6.45, 7) is 0.186. The Labute approximate surface area is 112 Å². The number of hydrogen-bond donors (Lipinski definition) is 1. The van der Waals surface area contributed by atoms with E-state index in [2.05, 4.69) is 4.84 Å². The highest BCUT2D eigenvalue weighted by atomic mass is 35.5. The molecule has 0 aliphatic carbocycles. The van der Waals surface area contributed by atoms with Gasteiger partial charge in [-0.25, -0.2) is 9.63 Å². The van der Waals surface area contributed by atoms with Gasteiger partial charge in [-0.05, 0) is 12.5 Å².